The number of ether oxygens (including phenoxy) is 3. The number of carbonyl (C=O) groups is 1. The lowest BCUT2D eigenvalue weighted by atomic mass is 10.1. The summed E-state index contributed by atoms with van der Waals surface area (Å²) in [5.74, 6) is 1.34. The predicted octanol–water partition coefficient (Wildman–Crippen LogP) is 2.91. The average molecular weight is 451 g/mol. The molecule has 1 N–H and O–H groups in total. The molecule has 0 fully saturated rings. The first-order chi connectivity index (χ1) is 14.6. The molecular formula is C22H30N2O6S. The average Bonchev–Trinajstić information content (AvgIpc) is 2.74. The molecule has 2 aromatic rings. The minimum Gasteiger partial charge on any atom is -0.494 e. The van der Waals surface area contributed by atoms with Crippen LogP contribution in [0, 0.1) is 6.92 Å². The lowest BCUT2D eigenvalue weighted by molar-refractivity contribution is -0.121. The van der Waals surface area contributed by atoms with Gasteiger partial charge in [0.15, 0.2) is 11.5 Å². The monoisotopic (exact) mass is 450 g/mol. The van der Waals surface area contributed by atoms with Crippen LogP contribution in [-0.2, 0) is 14.8 Å². The van der Waals surface area contributed by atoms with Crippen molar-refractivity contribution in [1.82, 2.24) is 9.62 Å². The normalized spacial score (nSPS) is 12.4. The minimum absolute atomic E-state index is 0.108. The van der Waals surface area contributed by atoms with E-state index < -0.39 is 15.9 Å². The zero-order valence-electron chi connectivity index (χ0n) is 18.8. The van der Waals surface area contributed by atoms with Gasteiger partial charge in [-0.25, -0.2) is 8.42 Å². The fourth-order valence-electron chi connectivity index (χ4n) is 3.06. The topological polar surface area (TPSA) is 94.2 Å². The lowest BCUT2D eigenvalue weighted by Gasteiger charge is -2.20. The first-order valence-corrected chi connectivity index (χ1v) is 11.3. The third-order valence-electron chi connectivity index (χ3n) is 4.81. The van der Waals surface area contributed by atoms with E-state index in [1.807, 2.05) is 19.9 Å². The summed E-state index contributed by atoms with van der Waals surface area (Å²) in [4.78, 5) is 12.6. The Morgan fingerprint density at radius 3 is 2.29 bits per heavy atom. The number of rotatable bonds is 10. The van der Waals surface area contributed by atoms with Crippen LogP contribution in [0.4, 0.5) is 0 Å². The number of hydrogen-bond donors (Lipinski definition) is 1. The van der Waals surface area contributed by atoms with Gasteiger partial charge >= 0.3 is 0 Å². The molecule has 0 aliphatic rings. The summed E-state index contributed by atoms with van der Waals surface area (Å²) in [6, 6.07) is 9.63. The first-order valence-electron chi connectivity index (χ1n) is 9.85. The molecule has 0 aliphatic carbocycles. The van der Waals surface area contributed by atoms with Crippen molar-refractivity contribution >= 4 is 15.9 Å². The molecule has 0 saturated carbocycles. The van der Waals surface area contributed by atoms with Gasteiger partial charge in [-0.05, 0) is 62.2 Å². The standard InChI is InChI=1S/C22H30N2O6S/c1-7-30-19-11-9-18(12-15(19)2)31(26,27)24(4)14-22(25)23-16(3)17-8-10-20(28-5)21(13-17)29-6/h8-13,16H,7,14H2,1-6H3,(H,23,25). The summed E-state index contributed by atoms with van der Waals surface area (Å²) in [5.41, 5.74) is 1.52. The summed E-state index contributed by atoms with van der Waals surface area (Å²) in [6.07, 6.45) is 0. The molecule has 0 radical (unpaired) electrons. The molecule has 1 amide bonds. The molecule has 0 aromatic heterocycles. The second-order valence-electron chi connectivity index (χ2n) is 7.03. The Kier molecular flexibility index (Phi) is 8.29. The van der Waals surface area contributed by atoms with E-state index in [0.29, 0.717) is 29.4 Å². The molecule has 31 heavy (non-hydrogen) atoms. The van der Waals surface area contributed by atoms with Crippen LogP contribution < -0.4 is 19.5 Å². The number of carbonyl (C=O) groups excluding carboxylic acids is 1. The molecular weight excluding hydrogens is 420 g/mol. The van der Waals surface area contributed by atoms with Gasteiger partial charge in [-0.3, -0.25) is 4.79 Å². The zero-order chi connectivity index (χ0) is 23.2. The summed E-state index contributed by atoms with van der Waals surface area (Å²) >= 11 is 0. The van der Waals surface area contributed by atoms with Crippen LogP contribution in [0.3, 0.4) is 0 Å². The van der Waals surface area contributed by atoms with E-state index in [1.54, 1.807) is 38.3 Å². The van der Waals surface area contributed by atoms with Crippen LogP contribution in [0.2, 0.25) is 0 Å². The van der Waals surface area contributed by atoms with Gasteiger partial charge in [-0.2, -0.15) is 4.31 Å². The highest BCUT2D eigenvalue weighted by Gasteiger charge is 2.24. The maximum atomic E-state index is 12.9. The fourth-order valence-corrected chi connectivity index (χ4v) is 4.27. The third-order valence-corrected chi connectivity index (χ3v) is 6.61. The van der Waals surface area contributed by atoms with E-state index in [0.717, 1.165) is 9.87 Å². The largest absolute Gasteiger partial charge is 0.494 e. The van der Waals surface area contributed by atoms with Crippen LogP contribution in [0.5, 0.6) is 17.2 Å². The number of nitrogens with one attached hydrogen (secondary N) is 1. The van der Waals surface area contributed by atoms with Gasteiger partial charge in [0.1, 0.15) is 5.75 Å². The van der Waals surface area contributed by atoms with Gasteiger partial charge in [0.25, 0.3) is 0 Å². The van der Waals surface area contributed by atoms with Crippen molar-refractivity contribution in [3.63, 3.8) is 0 Å². The molecule has 0 bridgehead atoms. The number of methoxy groups -OCH3 is 2. The molecule has 1 unspecified atom stereocenters. The van der Waals surface area contributed by atoms with Gasteiger partial charge in [-0.15, -0.1) is 0 Å². The maximum absolute atomic E-state index is 12.9. The number of aryl methyl sites for hydroxylation is 1. The SMILES string of the molecule is CCOc1ccc(S(=O)(=O)N(C)CC(=O)NC(C)c2ccc(OC)c(OC)c2)cc1C. The molecule has 0 heterocycles. The number of amides is 1. The van der Waals surface area contributed by atoms with Crippen molar-refractivity contribution in [2.45, 2.75) is 31.7 Å². The van der Waals surface area contributed by atoms with Crippen molar-refractivity contribution < 1.29 is 27.4 Å². The number of likely N-dealkylation sites (N-methyl/N-ethyl adjacent to an activating group) is 1. The second kappa shape index (κ2) is 10.5. The Hall–Kier alpha value is -2.78. The van der Waals surface area contributed by atoms with Crippen molar-refractivity contribution in [1.29, 1.82) is 0 Å². The van der Waals surface area contributed by atoms with Crippen LogP contribution in [0.25, 0.3) is 0 Å². The van der Waals surface area contributed by atoms with E-state index in [2.05, 4.69) is 5.32 Å². The molecule has 2 rings (SSSR count). The van der Waals surface area contributed by atoms with Gasteiger partial charge in [0, 0.05) is 7.05 Å². The van der Waals surface area contributed by atoms with Crippen LogP contribution >= 0.6 is 0 Å². The van der Waals surface area contributed by atoms with E-state index >= 15 is 0 Å². The van der Waals surface area contributed by atoms with Gasteiger partial charge < -0.3 is 19.5 Å². The first kappa shape index (κ1) is 24.5. The van der Waals surface area contributed by atoms with Crippen molar-refractivity contribution in [3.05, 3.63) is 47.5 Å². The smallest absolute Gasteiger partial charge is 0.243 e. The second-order valence-corrected chi connectivity index (χ2v) is 9.07. The Bertz CT molecular complexity index is 1020. The van der Waals surface area contributed by atoms with Crippen molar-refractivity contribution in [3.8, 4) is 17.2 Å². The zero-order valence-corrected chi connectivity index (χ0v) is 19.6. The highest BCUT2D eigenvalue weighted by Crippen LogP contribution is 2.30. The molecule has 1 atom stereocenters. The van der Waals surface area contributed by atoms with E-state index in [9.17, 15) is 13.2 Å². The quantitative estimate of drug-likeness (QED) is 0.598. The highest BCUT2D eigenvalue weighted by atomic mass is 32.2. The molecule has 2 aromatic carbocycles. The summed E-state index contributed by atoms with van der Waals surface area (Å²) < 4.78 is 42.7. The van der Waals surface area contributed by atoms with Crippen LogP contribution in [-0.4, -0.2) is 53.0 Å². The van der Waals surface area contributed by atoms with Crippen LogP contribution in [0.1, 0.15) is 31.0 Å². The van der Waals surface area contributed by atoms with E-state index in [-0.39, 0.29) is 17.5 Å². The summed E-state index contributed by atoms with van der Waals surface area (Å²) in [6.45, 7) is 5.63. The van der Waals surface area contributed by atoms with Gasteiger partial charge in [-0.1, -0.05) is 6.07 Å². The minimum atomic E-state index is -3.83. The van der Waals surface area contributed by atoms with Crippen molar-refractivity contribution in [2.24, 2.45) is 0 Å². The molecule has 0 aliphatic heterocycles. The number of nitrogens with zero attached hydrogens (tertiary/aromatic N) is 1. The van der Waals surface area contributed by atoms with Crippen molar-refractivity contribution in [2.75, 3.05) is 34.4 Å². The fraction of sp³-hybridized carbons (Fsp3) is 0.409. The molecule has 8 nitrogen and oxygen atoms in total. The Balaban J connectivity index is 2.08. The number of hydrogen-bond acceptors (Lipinski definition) is 6. The highest BCUT2D eigenvalue weighted by molar-refractivity contribution is 7.89. The molecule has 0 spiro atoms. The molecule has 170 valence electrons. The van der Waals surface area contributed by atoms with Gasteiger partial charge in [0.2, 0.25) is 15.9 Å². The Morgan fingerprint density at radius 2 is 1.71 bits per heavy atom. The maximum Gasteiger partial charge on any atom is 0.243 e. The van der Waals surface area contributed by atoms with E-state index in [4.69, 9.17) is 14.2 Å². The number of sulfonamides is 1. The summed E-state index contributed by atoms with van der Waals surface area (Å²) in [5, 5.41) is 2.82. The Morgan fingerprint density at radius 1 is 1.06 bits per heavy atom. The third kappa shape index (κ3) is 5.89. The van der Waals surface area contributed by atoms with Gasteiger partial charge in [0.05, 0.1) is 38.3 Å². The Labute approximate surface area is 184 Å². The summed E-state index contributed by atoms with van der Waals surface area (Å²) in [7, 11) is 0.630. The van der Waals surface area contributed by atoms with Crippen LogP contribution in [0.15, 0.2) is 41.3 Å². The predicted molar refractivity (Wildman–Crippen MR) is 118 cm³/mol. The number of benzene rings is 2. The molecule has 9 heteroatoms. The molecule has 0 saturated heterocycles. The van der Waals surface area contributed by atoms with E-state index in [1.165, 1.54) is 20.2 Å². The lowest BCUT2D eigenvalue weighted by Crippen LogP contribution is -2.39.